The van der Waals surface area contributed by atoms with Crippen LogP contribution in [0.1, 0.15) is 51.2 Å². The number of amides is 2. The first-order chi connectivity index (χ1) is 11.5. The largest absolute Gasteiger partial charge is 0.302 e. The van der Waals surface area contributed by atoms with Crippen LogP contribution in [-0.2, 0) is 21.4 Å². The van der Waals surface area contributed by atoms with Crippen molar-refractivity contribution in [1.29, 1.82) is 0 Å². The SMILES string of the molecule is CCN(CC)CC(C)N1C(=O)CC2(CCCc3ccccc32)C1=O.Cl. The smallest absolute Gasteiger partial charge is 0.240 e. The number of halogens is 1. The van der Waals surface area contributed by atoms with Gasteiger partial charge in [0.15, 0.2) is 0 Å². The Morgan fingerprint density at radius 3 is 2.56 bits per heavy atom. The number of likely N-dealkylation sites (N-methyl/N-ethyl adjacent to an activating group) is 1. The minimum atomic E-state index is -0.608. The predicted octanol–water partition coefficient (Wildman–Crippen LogP) is 3.17. The normalized spacial score (nSPS) is 23.8. The molecule has 1 aliphatic heterocycles. The highest BCUT2D eigenvalue weighted by atomic mass is 35.5. The second-order valence-corrected chi connectivity index (χ2v) is 7.17. The third-order valence-corrected chi connectivity index (χ3v) is 5.79. The molecule has 2 amide bonds. The summed E-state index contributed by atoms with van der Waals surface area (Å²) in [5.41, 5.74) is 1.72. The van der Waals surface area contributed by atoms with Crippen LogP contribution in [0.4, 0.5) is 0 Å². The monoisotopic (exact) mass is 364 g/mol. The minimum Gasteiger partial charge on any atom is -0.302 e. The van der Waals surface area contributed by atoms with Gasteiger partial charge in [-0.15, -0.1) is 12.4 Å². The lowest BCUT2D eigenvalue weighted by molar-refractivity contribution is -0.142. The fourth-order valence-electron chi connectivity index (χ4n) is 4.47. The summed E-state index contributed by atoms with van der Waals surface area (Å²) in [6.07, 6.45) is 3.12. The van der Waals surface area contributed by atoms with Crippen LogP contribution in [0.5, 0.6) is 0 Å². The lowest BCUT2D eigenvalue weighted by Crippen LogP contribution is -2.48. The molecule has 0 radical (unpaired) electrons. The van der Waals surface area contributed by atoms with Crippen LogP contribution in [0, 0.1) is 0 Å². The van der Waals surface area contributed by atoms with Crippen LogP contribution in [0.3, 0.4) is 0 Å². The van der Waals surface area contributed by atoms with Crippen molar-refractivity contribution in [2.75, 3.05) is 19.6 Å². The van der Waals surface area contributed by atoms with Gasteiger partial charge >= 0.3 is 0 Å². The first-order valence-corrected chi connectivity index (χ1v) is 9.20. The highest BCUT2D eigenvalue weighted by Crippen LogP contribution is 2.45. The maximum Gasteiger partial charge on any atom is 0.240 e. The number of rotatable bonds is 5. The van der Waals surface area contributed by atoms with Crippen molar-refractivity contribution < 1.29 is 9.59 Å². The van der Waals surface area contributed by atoms with Gasteiger partial charge in [-0.3, -0.25) is 14.5 Å². The Kier molecular flexibility index (Phi) is 6.28. The molecule has 1 spiro atoms. The Morgan fingerprint density at radius 1 is 1.20 bits per heavy atom. The van der Waals surface area contributed by atoms with Crippen molar-refractivity contribution in [1.82, 2.24) is 9.80 Å². The van der Waals surface area contributed by atoms with Gasteiger partial charge in [-0.1, -0.05) is 38.1 Å². The van der Waals surface area contributed by atoms with Crippen LogP contribution in [0.2, 0.25) is 0 Å². The molecular formula is C20H29ClN2O2. The lowest BCUT2D eigenvalue weighted by Gasteiger charge is -2.35. The summed E-state index contributed by atoms with van der Waals surface area (Å²) in [5.74, 6) is 0.0238. The first kappa shape index (κ1) is 19.9. The molecular weight excluding hydrogens is 336 g/mol. The van der Waals surface area contributed by atoms with E-state index in [0.29, 0.717) is 6.42 Å². The zero-order valence-electron chi connectivity index (χ0n) is 15.5. The average molecular weight is 365 g/mol. The van der Waals surface area contributed by atoms with Crippen molar-refractivity contribution >= 4 is 24.2 Å². The maximum atomic E-state index is 13.3. The summed E-state index contributed by atoms with van der Waals surface area (Å²) in [6, 6.07) is 8.11. The molecule has 0 bridgehead atoms. The standard InChI is InChI=1S/C20H28N2O2.ClH/c1-4-21(5-2)14-15(3)22-18(23)13-20(19(22)24)12-8-10-16-9-6-7-11-17(16)20;/h6-7,9,11,15H,4-5,8,10,12-14H2,1-3H3;1H. The maximum absolute atomic E-state index is 13.3. The molecule has 1 aliphatic carbocycles. The molecule has 1 heterocycles. The van der Waals surface area contributed by atoms with Crippen molar-refractivity contribution in [2.24, 2.45) is 0 Å². The predicted molar refractivity (Wildman–Crippen MR) is 102 cm³/mol. The molecule has 0 saturated carbocycles. The van der Waals surface area contributed by atoms with E-state index in [0.717, 1.165) is 44.5 Å². The highest BCUT2D eigenvalue weighted by Gasteiger charge is 2.55. The van der Waals surface area contributed by atoms with Crippen LogP contribution in [-0.4, -0.2) is 47.3 Å². The van der Waals surface area contributed by atoms with E-state index in [1.54, 1.807) is 4.90 Å². The zero-order chi connectivity index (χ0) is 17.3. The van der Waals surface area contributed by atoms with Gasteiger partial charge in [0.2, 0.25) is 11.8 Å². The van der Waals surface area contributed by atoms with Gasteiger partial charge < -0.3 is 4.90 Å². The highest BCUT2D eigenvalue weighted by molar-refractivity contribution is 6.09. The summed E-state index contributed by atoms with van der Waals surface area (Å²) < 4.78 is 0. The number of fused-ring (bicyclic) bond motifs is 2. The Bertz CT molecular complexity index is 644. The molecule has 0 N–H and O–H groups in total. The van der Waals surface area contributed by atoms with Gasteiger partial charge in [-0.2, -0.15) is 0 Å². The molecule has 4 nitrogen and oxygen atoms in total. The summed E-state index contributed by atoms with van der Waals surface area (Å²) in [7, 11) is 0. The minimum absolute atomic E-state index is 0. The number of benzene rings is 1. The summed E-state index contributed by atoms with van der Waals surface area (Å²) in [6.45, 7) is 8.85. The van der Waals surface area contributed by atoms with Crippen molar-refractivity contribution in [3.63, 3.8) is 0 Å². The van der Waals surface area contributed by atoms with Crippen LogP contribution >= 0.6 is 12.4 Å². The van der Waals surface area contributed by atoms with Gasteiger partial charge in [0.05, 0.1) is 5.41 Å². The number of carbonyl (C=O) groups excluding carboxylic acids is 2. The average Bonchev–Trinajstić information content (AvgIpc) is 2.84. The molecule has 2 aliphatic rings. The number of nitrogens with zero attached hydrogens (tertiary/aromatic N) is 2. The van der Waals surface area contributed by atoms with Crippen molar-refractivity contribution in [2.45, 2.75) is 57.9 Å². The van der Waals surface area contributed by atoms with Gasteiger partial charge in [0.1, 0.15) is 0 Å². The Labute approximate surface area is 157 Å². The Hall–Kier alpha value is -1.39. The molecule has 1 aromatic carbocycles. The molecule has 138 valence electrons. The van der Waals surface area contributed by atoms with Crippen molar-refractivity contribution in [3.05, 3.63) is 35.4 Å². The van der Waals surface area contributed by atoms with E-state index in [4.69, 9.17) is 0 Å². The molecule has 25 heavy (non-hydrogen) atoms. The van der Waals surface area contributed by atoms with Gasteiger partial charge in [0, 0.05) is 19.0 Å². The zero-order valence-corrected chi connectivity index (χ0v) is 16.3. The molecule has 1 saturated heterocycles. The van der Waals surface area contributed by atoms with Crippen LogP contribution < -0.4 is 0 Å². The molecule has 0 aromatic heterocycles. The van der Waals surface area contributed by atoms with E-state index in [-0.39, 0.29) is 30.3 Å². The fourth-order valence-corrected chi connectivity index (χ4v) is 4.47. The summed E-state index contributed by atoms with van der Waals surface area (Å²) >= 11 is 0. The van der Waals surface area contributed by atoms with Gasteiger partial charge in [-0.25, -0.2) is 0 Å². The number of likely N-dealkylation sites (tertiary alicyclic amines) is 1. The molecule has 1 fully saturated rings. The summed E-state index contributed by atoms with van der Waals surface area (Å²) in [4.78, 5) is 29.9. The third-order valence-electron chi connectivity index (χ3n) is 5.79. The first-order valence-electron chi connectivity index (χ1n) is 9.20. The van der Waals surface area contributed by atoms with Crippen LogP contribution in [0.15, 0.2) is 24.3 Å². The second-order valence-electron chi connectivity index (χ2n) is 7.17. The van der Waals surface area contributed by atoms with Gasteiger partial charge in [-0.05, 0) is 50.4 Å². The molecule has 3 rings (SSSR count). The van der Waals surface area contributed by atoms with Gasteiger partial charge in [0.25, 0.3) is 0 Å². The van der Waals surface area contributed by atoms with E-state index in [1.165, 1.54) is 5.56 Å². The molecule has 1 aromatic rings. The number of hydrogen-bond acceptors (Lipinski definition) is 3. The Morgan fingerprint density at radius 2 is 1.88 bits per heavy atom. The van der Waals surface area contributed by atoms with Crippen LogP contribution in [0.25, 0.3) is 0 Å². The molecule has 2 unspecified atom stereocenters. The lowest BCUT2D eigenvalue weighted by atomic mass is 9.69. The number of carbonyl (C=O) groups is 2. The molecule has 2 atom stereocenters. The third kappa shape index (κ3) is 3.34. The van der Waals surface area contributed by atoms with E-state index in [9.17, 15) is 9.59 Å². The Balaban J connectivity index is 0.00000225. The van der Waals surface area contributed by atoms with E-state index in [1.807, 2.05) is 19.1 Å². The van der Waals surface area contributed by atoms with E-state index >= 15 is 0 Å². The summed E-state index contributed by atoms with van der Waals surface area (Å²) in [5, 5.41) is 0. The number of aryl methyl sites for hydroxylation is 1. The topological polar surface area (TPSA) is 40.6 Å². The number of hydrogen-bond donors (Lipinski definition) is 0. The number of imide groups is 1. The fraction of sp³-hybridized carbons (Fsp3) is 0.600. The van der Waals surface area contributed by atoms with E-state index < -0.39 is 5.41 Å². The quantitative estimate of drug-likeness (QED) is 0.753. The second kappa shape index (κ2) is 7.88. The molecule has 5 heteroatoms. The van der Waals surface area contributed by atoms with Crippen molar-refractivity contribution in [3.8, 4) is 0 Å². The van der Waals surface area contributed by atoms with E-state index in [2.05, 4.69) is 30.9 Å².